The first-order valence-corrected chi connectivity index (χ1v) is 6.27. The lowest BCUT2D eigenvalue weighted by Crippen LogP contribution is -1.94. The maximum atomic E-state index is 13.8. The van der Waals surface area contributed by atoms with E-state index in [2.05, 4.69) is 0 Å². The van der Waals surface area contributed by atoms with Crippen LogP contribution >= 0.6 is 11.6 Å². The highest BCUT2D eigenvalue weighted by molar-refractivity contribution is 6.32. The molecule has 2 aromatic carbocycles. The number of aliphatic hydroxyl groups excluding tert-OH is 1. The van der Waals surface area contributed by atoms with Crippen molar-refractivity contribution in [1.29, 1.82) is 0 Å². The molecule has 0 heterocycles. The molecule has 2 aromatic rings. The van der Waals surface area contributed by atoms with E-state index in [-0.39, 0.29) is 5.75 Å². The van der Waals surface area contributed by atoms with Gasteiger partial charge in [-0.1, -0.05) is 29.8 Å². The van der Waals surface area contributed by atoms with E-state index in [4.69, 9.17) is 16.3 Å². The Labute approximate surface area is 116 Å². The van der Waals surface area contributed by atoms with Crippen molar-refractivity contribution in [3.63, 3.8) is 0 Å². The van der Waals surface area contributed by atoms with Crippen LogP contribution in [0.15, 0.2) is 36.4 Å². The molecule has 4 heteroatoms. The number of rotatable bonds is 3. The molecule has 0 radical (unpaired) electrons. The minimum atomic E-state index is -0.609. The van der Waals surface area contributed by atoms with E-state index >= 15 is 0 Å². The number of aliphatic hydroxyl groups is 1. The topological polar surface area (TPSA) is 29.5 Å². The smallest absolute Gasteiger partial charge is 0.168 e. The molecule has 0 saturated carbocycles. The van der Waals surface area contributed by atoms with Gasteiger partial charge in [-0.3, -0.25) is 0 Å². The normalized spacial score (nSPS) is 12.3. The SMILES string of the molecule is Cc1cccc(Oc2ccc([C@H](C)O)cc2Cl)c1F. The Kier molecular flexibility index (Phi) is 4.08. The fourth-order valence-electron chi connectivity index (χ4n) is 1.68. The molecule has 0 bridgehead atoms. The monoisotopic (exact) mass is 280 g/mol. The number of benzene rings is 2. The highest BCUT2D eigenvalue weighted by atomic mass is 35.5. The third kappa shape index (κ3) is 3.06. The molecule has 0 saturated heterocycles. The average molecular weight is 281 g/mol. The number of halogens is 2. The van der Waals surface area contributed by atoms with Crippen LogP contribution in [0.5, 0.6) is 11.5 Å². The predicted octanol–water partition coefficient (Wildman–Crippen LogP) is 4.63. The molecule has 0 aromatic heterocycles. The Balaban J connectivity index is 2.31. The minimum absolute atomic E-state index is 0.131. The lowest BCUT2D eigenvalue weighted by Gasteiger charge is -2.11. The summed E-state index contributed by atoms with van der Waals surface area (Å²) in [4.78, 5) is 0. The molecule has 2 rings (SSSR count). The lowest BCUT2D eigenvalue weighted by atomic mass is 10.1. The molecule has 0 aliphatic heterocycles. The fraction of sp³-hybridized carbons (Fsp3) is 0.200. The first-order chi connectivity index (χ1) is 8.99. The van der Waals surface area contributed by atoms with E-state index in [9.17, 15) is 9.50 Å². The van der Waals surface area contributed by atoms with Gasteiger partial charge in [0.05, 0.1) is 11.1 Å². The summed E-state index contributed by atoms with van der Waals surface area (Å²) in [7, 11) is 0. The van der Waals surface area contributed by atoms with Gasteiger partial charge in [0.2, 0.25) is 0 Å². The molecule has 0 aliphatic rings. The minimum Gasteiger partial charge on any atom is -0.453 e. The second-order valence-electron chi connectivity index (χ2n) is 4.35. The van der Waals surface area contributed by atoms with Gasteiger partial charge >= 0.3 is 0 Å². The Morgan fingerprint density at radius 3 is 2.58 bits per heavy atom. The molecule has 0 fully saturated rings. The van der Waals surface area contributed by atoms with Crippen molar-refractivity contribution in [1.82, 2.24) is 0 Å². The molecular weight excluding hydrogens is 267 g/mol. The van der Waals surface area contributed by atoms with Crippen molar-refractivity contribution in [2.45, 2.75) is 20.0 Å². The van der Waals surface area contributed by atoms with Gasteiger partial charge in [-0.2, -0.15) is 0 Å². The summed E-state index contributed by atoms with van der Waals surface area (Å²) in [5.41, 5.74) is 1.19. The van der Waals surface area contributed by atoms with Crippen molar-refractivity contribution in [2.75, 3.05) is 0 Å². The summed E-state index contributed by atoms with van der Waals surface area (Å²) in [6, 6.07) is 9.84. The molecular formula is C15H14ClFO2. The maximum Gasteiger partial charge on any atom is 0.168 e. The quantitative estimate of drug-likeness (QED) is 0.888. The van der Waals surface area contributed by atoms with Crippen molar-refractivity contribution < 1.29 is 14.2 Å². The van der Waals surface area contributed by atoms with E-state index < -0.39 is 11.9 Å². The molecule has 0 unspecified atom stereocenters. The molecule has 1 N–H and O–H groups in total. The zero-order valence-corrected chi connectivity index (χ0v) is 11.4. The number of hydrogen-bond donors (Lipinski definition) is 1. The van der Waals surface area contributed by atoms with Crippen LogP contribution in [0.1, 0.15) is 24.2 Å². The zero-order valence-electron chi connectivity index (χ0n) is 10.7. The molecule has 19 heavy (non-hydrogen) atoms. The van der Waals surface area contributed by atoms with E-state index in [0.717, 1.165) is 0 Å². The van der Waals surface area contributed by atoms with Gasteiger partial charge in [0, 0.05) is 0 Å². The molecule has 0 aliphatic carbocycles. The highest BCUT2D eigenvalue weighted by Crippen LogP contribution is 2.33. The van der Waals surface area contributed by atoms with Crippen LogP contribution in [0.2, 0.25) is 5.02 Å². The summed E-state index contributed by atoms with van der Waals surface area (Å²) in [6.45, 7) is 3.31. The highest BCUT2D eigenvalue weighted by Gasteiger charge is 2.11. The summed E-state index contributed by atoms with van der Waals surface area (Å²) in [5.74, 6) is 0.0837. The largest absolute Gasteiger partial charge is 0.453 e. The number of ether oxygens (including phenoxy) is 1. The predicted molar refractivity (Wildman–Crippen MR) is 73.3 cm³/mol. The van der Waals surface area contributed by atoms with Crippen LogP contribution in [0.25, 0.3) is 0 Å². The summed E-state index contributed by atoms with van der Waals surface area (Å²) < 4.78 is 19.3. The second kappa shape index (κ2) is 5.59. The van der Waals surface area contributed by atoms with Crippen molar-refractivity contribution in [2.24, 2.45) is 0 Å². The average Bonchev–Trinajstić information content (AvgIpc) is 2.37. The van der Waals surface area contributed by atoms with Gasteiger partial charge < -0.3 is 9.84 Å². The van der Waals surface area contributed by atoms with Crippen LogP contribution in [-0.2, 0) is 0 Å². The maximum absolute atomic E-state index is 13.8. The number of hydrogen-bond acceptors (Lipinski definition) is 2. The van der Waals surface area contributed by atoms with Crippen LogP contribution < -0.4 is 4.74 Å². The van der Waals surface area contributed by atoms with Crippen molar-refractivity contribution in [3.05, 3.63) is 58.4 Å². The summed E-state index contributed by atoms with van der Waals surface area (Å²) in [5, 5.41) is 9.78. The molecule has 1 atom stereocenters. The third-order valence-corrected chi connectivity index (χ3v) is 3.11. The first kappa shape index (κ1) is 13.8. The van der Waals surface area contributed by atoms with E-state index in [1.165, 1.54) is 0 Å². The van der Waals surface area contributed by atoms with Crippen molar-refractivity contribution in [3.8, 4) is 11.5 Å². The van der Waals surface area contributed by atoms with E-state index in [0.29, 0.717) is 21.9 Å². The summed E-state index contributed by atoms with van der Waals surface area (Å²) >= 11 is 6.06. The molecule has 0 amide bonds. The van der Waals surface area contributed by atoms with Gasteiger partial charge in [0.15, 0.2) is 11.6 Å². The van der Waals surface area contributed by atoms with E-state index in [1.54, 1.807) is 50.2 Å². The summed E-state index contributed by atoms with van der Waals surface area (Å²) in [6.07, 6.45) is -0.609. The van der Waals surface area contributed by atoms with E-state index in [1.807, 2.05) is 0 Å². The number of aryl methyl sites for hydroxylation is 1. The van der Waals surface area contributed by atoms with Crippen LogP contribution in [-0.4, -0.2) is 5.11 Å². The lowest BCUT2D eigenvalue weighted by molar-refractivity contribution is 0.199. The Hall–Kier alpha value is -1.58. The fourth-order valence-corrected chi connectivity index (χ4v) is 1.91. The van der Waals surface area contributed by atoms with Gasteiger partial charge in [-0.25, -0.2) is 4.39 Å². The van der Waals surface area contributed by atoms with Gasteiger partial charge in [-0.05, 0) is 43.2 Å². The van der Waals surface area contributed by atoms with Gasteiger partial charge in [-0.15, -0.1) is 0 Å². The van der Waals surface area contributed by atoms with Crippen LogP contribution in [0.3, 0.4) is 0 Å². The molecule has 0 spiro atoms. The Morgan fingerprint density at radius 1 is 1.21 bits per heavy atom. The van der Waals surface area contributed by atoms with Crippen molar-refractivity contribution >= 4 is 11.6 Å². The Morgan fingerprint density at radius 2 is 1.95 bits per heavy atom. The molecule has 100 valence electrons. The first-order valence-electron chi connectivity index (χ1n) is 5.89. The third-order valence-electron chi connectivity index (χ3n) is 2.81. The van der Waals surface area contributed by atoms with Crippen LogP contribution in [0, 0.1) is 12.7 Å². The second-order valence-corrected chi connectivity index (χ2v) is 4.76. The van der Waals surface area contributed by atoms with Gasteiger partial charge in [0.25, 0.3) is 0 Å². The zero-order chi connectivity index (χ0) is 14.0. The molecule has 2 nitrogen and oxygen atoms in total. The standard InChI is InChI=1S/C15H14ClFO2/c1-9-4-3-5-14(15(9)17)19-13-7-6-11(10(2)18)8-12(13)16/h3-8,10,18H,1-2H3/t10-/m0/s1. The van der Waals surface area contributed by atoms with Crippen LogP contribution in [0.4, 0.5) is 4.39 Å². The van der Waals surface area contributed by atoms with Gasteiger partial charge in [0.1, 0.15) is 5.75 Å². The Bertz CT molecular complexity index is 597.